The van der Waals surface area contributed by atoms with Crippen LogP contribution in [-0.2, 0) is 11.2 Å². The molecule has 0 spiro atoms. The molecule has 1 amide bonds. The molecule has 39 heavy (non-hydrogen) atoms. The average Bonchev–Trinajstić information content (AvgIpc) is 2.94. The normalized spacial score (nSPS) is 13.8. The SMILES string of the molecule is O=C(O)CCNC(=O)c1nc(-c2cccnc2)c2[nH]c(=O)c(-c3ccccc3)c(CC3CCCCC3)c2c1O. The smallest absolute Gasteiger partial charge is 0.305 e. The van der Waals surface area contributed by atoms with Crippen LogP contribution in [0.15, 0.2) is 59.7 Å². The molecule has 1 aliphatic carbocycles. The molecule has 1 fully saturated rings. The molecular formula is C30H30N4O5. The van der Waals surface area contributed by atoms with E-state index in [-0.39, 0.29) is 30.0 Å². The summed E-state index contributed by atoms with van der Waals surface area (Å²) < 4.78 is 0. The van der Waals surface area contributed by atoms with Gasteiger partial charge in [0.15, 0.2) is 11.4 Å². The van der Waals surface area contributed by atoms with Crippen molar-refractivity contribution >= 4 is 22.8 Å². The number of hydrogen-bond donors (Lipinski definition) is 4. The van der Waals surface area contributed by atoms with Gasteiger partial charge in [-0.25, -0.2) is 4.98 Å². The Hall–Kier alpha value is -4.53. The number of hydrogen-bond acceptors (Lipinski definition) is 6. The van der Waals surface area contributed by atoms with E-state index in [4.69, 9.17) is 5.11 Å². The van der Waals surface area contributed by atoms with Crippen molar-refractivity contribution in [2.24, 2.45) is 5.92 Å². The van der Waals surface area contributed by atoms with Crippen LogP contribution >= 0.6 is 0 Å². The second-order valence-electron chi connectivity index (χ2n) is 9.93. The summed E-state index contributed by atoms with van der Waals surface area (Å²) in [5.74, 6) is -1.77. The molecule has 1 saturated carbocycles. The summed E-state index contributed by atoms with van der Waals surface area (Å²) in [4.78, 5) is 49.5. The topological polar surface area (TPSA) is 145 Å². The molecule has 0 radical (unpaired) electrons. The lowest BCUT2D eigenvalue weighted by atomic mass is 9.82. The lowest BCUT2D eigenvalue weighted by Crippen LogP contribution is -2.27. The number of carboxylic acids is 1. The van der Waals surface area contributed by atoms with Crippen molar-refractivity contribution in [1.82, 2.24) is 20.3 Å². The van der Waals surface area contributed by atoms with Crippen LogP contribution in [0.4, 0.5) is 0 Å². The van der Waals surface area contributed by atoms with E-state index in [1.165, 1.54) is 6.42 Å². The fourth-order valence-electron chi connectivity index (χ4n) is 5.46. The van der Waals surface area contributed by atoms with Gasteiger partial charge in [0.2, 0.25) is 0 Å². The highest BCUT2D eigenvalue weighted by molar-refractivity contribution is 6.07. The van der Waals surface area contributed by atoms with Crippen LogP contribution in [0.5, 0.6) is 5.75 Å². The Labute approximate surface area is 225 Å². The Balaban J connectivity index is 1.80. The van der Waals surface area contributed by atoms with Crippen molar-refractivity contribution in [3.63, 3.8) is 0 Å². The number of H-pyrrole nitrogens is 1. The van der Waals surface area contributed by atoms with Gasteiger partial charge < -0.3 is 20.5 Å². The largest absolute Gasteiger partial charge is 0.505 e. The standard InChI is InChI=1S/C30H30N4O5/c35-22(36)13-15-32-30(39)27-28(37)24-21(16-18-8-3-1-4-9-18)23(19-10-5-2-6-11-19)29(38)34-26(24)25(33-27)20-12-7-14-31-17-20/h2,5-7,10-12,14,17-18,37H,1,3-4,8-9,13,15-16H2,(H,32,39)(H,34,38)(H,35,36). The molecule has 0 unspecified atom stereocenters. The molecule has 0 aliphatic heterocycles. The van der Waals surface area contributed by atoms with Gasteiger partial charge in [0.25, 0.3) is 11.5 Å². The Bertz CT molecular complexity index is 1560. The van der Waals surface area contributed by atoms with Crippen LogP contribution in [0.1, 0.15) is 54.6 Å². The number of aromatic hydroxyl groups is 1. The van der Waals surface area contributed by atoms with Gasteiger partial charge in [0.05, 0.1) is 23.2 Å². The molecule has 3 heterocycles. The minimum absolute atomic E-state index is 0.120. The van der Waals surface area contributed by atoms with Crippen molar-refractivity contribution in [2.45, 2.75) is 44.9 Å². The van der Waals surface area contributed by atoms with Gasteiger partial charge in [-0.3, -0.25) is 19.4 Å². The van der Waals surface area contributed by atoms with Crippen molar-refractivity contribution < 1.29 is 19.8 Å². The van der Waals surface area contributed by atoms with E-state index in [9.17, 15) is 19.5 Å². The zero-order chi connectivity index (χ0) is 27.4. The number of carboxylic acid groups (broad SMARTS) is 1. The van der Waals surface area contributed by atoms with Crippen molar-refractivity contribution in [2.75, 3.05) is 6.54 Å². The zero-order valence-corrected chi connectivity index (χ0v) is 21.4. The molecule has 9 heteroatoms. The number of amides is 1. The van der Waals surface area contributed by atoms with Gasteiger partial charge in [-0.1, -0.05) is 62.4 Å². The Kier molecular flexibility index (Phi) is 7.67. The molecule has 5 rings (SSSR count). The number of fused-ring (bicyclic) bond motifs is 1. The predicted molar refractivity (Wildman–Crippen MR) is 148 cm³/mol. The quantitative estimate of drug-likeness (QED) is 0.261. The summed E-state index contributed by atoms with van der Waals surface area (Å²) in [6.07, 6.45) is 8.92. The van der Waals surface area contributed by atoms with Gasteiger partial charge in [0, 0.05) is 29.9 Å². The highest BCUT2D eigenvalue weighted by Crippen LogP contribution is 2.40. The van der Waals surface area contributed by atoms with Crippen LogP contribution in [-0.4, -0.2) is 43.6 Å². The van der Waals surface area contributed by atoms with E-state index in [0.717, 1.165) is 31.2 Å². The highest BCUT2D eigenvalue weighted by Gasteiger charge is 2.27. The molecule has 3 aromatic heterocycles. The molecule has 200 valence electrons. The van der Waals surface area contributed by atoms with E-state index in [0.29, 0.717) is 45.6 Å². The van der Waals surface area contributed by atoms with E-state index < -0.39 is 11.9 Å². The third-order valence-electron chi connectivity index (χ3n) is 7.30. The molecule has 1 aromatic carbocycles. The fraction of sp³-hybridized carbons (Fsp3) is 0.300. The van der Waals surface area contributed by atoms with E-state index in [1.54, 1.807) is 24.5 Å². The second kappa shape index (κ2) is 11.5. The van der Waals surface area contributed by atoms with Crippen LogP contribution in [0.3, 0.4) is 0 Å². The minimum Gasteiger partial charge on any atom is -0.505 e. The maximum Gasteiger partial charge on any atom is 0.305 e. The summed E-state index contributed by atoms with van der Waals surface area (Å²) >= 11 is 0. The predicted octanol–water partition coefficient (Wildman–Crippen LogP) is 4.69. The lowest BCUT2D eigenvalue weighted by Gasteiger charge is -2.24. The molecule has 0 saturated heterocycles. The number of nitrogens with one attached hydrogen (secondary N) is 2. The van der Waals surface area contributed by atoms with Crippen LogP contribution in [0.2, 0.25) is 0 Å². The Morgan fingerprint density at radius 3 is 2.46 bits per heavy atom. The van der Waals surface area contributed by atoms with Gasteiger partial charge in [-0.2, -0.15) is 0 Å². The van der Waals surface area contributed by atoms with E-state index in [1.807, 2.05) is 30.3 Å². The van der Waals surface area contributed by atoms with Gasteiger partial charge in [-0.05, 0) is 35.6 Å². The summed E-state index contributed by atoms with van der Waals surface area (Å²) in [7, 11) is 0. The van der Waals surface area contributed by atoms with Crippen LogP contribution < -0.4 is 10.9 Å². The first kappa shape index (κ1) is 26.1. The first-order chi connectivity index (χ1) is 18.9. The first-order valence-electron chi connectivity index (χ1n) is 13.2. The van der Waals surface area contributed by atoms with Crippen LogP contribution in [0, 0.1) is 5.92 Å². The first-order valence-corrected chi connectivity index (χ1v) is 13.2. The summed E-state index contributed by atoms with van der Waals surface area (Å²) in [5, 5.41) is 23.5. The zero-order valence-electron chi connectivity index (χ0n) is 21.4. The molecule has 0 bridgehead atoms. The molecule has 4 aromatic rings. The highest BCUT2D eigenvalue weighted by atomic mass is 16.4. The van der Waals surface area contributed by atoms with Crippen molar-refractivity contribution in [3.8, 4) is 28.1 Å². The third-order valence-corrected chi connectivity index (χ3v) is 7.30. The molecule has 9 nitrogen and oxygen atoms in total. The number of carbonyl (C=O) groups is 2. The number of pyridine rings is 3. The van der Waals surface area contributed by atoms with E-state index in [2.05, 4.69) is 20.3 Å². The second-order valence-corrected chi connectivity index (χ2v) is 9.93. The number of carbonyl (C=O) groups excluding carboxylic acids is 1. The summed E-state index contributed by atoms with van der Waals surface area (Å²) in [6.45, 7) is -0.120. The van der Waals surface area contributed by atoms with E-state index >= 15 is 0 Å². The van der Waals surface area contributed by atoms with Crippen LogP contribution in [0.25, 0.3) is 33.3 Å². The molecule has 1 aliphatic rings. The molecule has 0 atom stereocenters. The average molecular weight is 527 g/mol. The van der Waals surface area contributed by atoms with Gasteiger partial charge in [0.1, 0.15) is 0 Å². The fourth-order valence-corrected chi connectivity index (χ4v) is 5.46. The molecule has 4 N–H and O–H groups in total. The number of nitrogens with zero attached hydrogens (tertiary/aromatic N) is 2. The van der Waals surface area contributed by atoms with Gasteiger partial charge in [-0.15, -0.1) is 0 Å². The van der Waals surface area contributed by atoms with Crippen molar-refractivity contribution in [1.29, 1.82) is 0 Å². The maximum atomic E-state index is 13.7. The number of aromatic nitrogens is 3. The summed E-state index contributed by atoms with van der Waals surface area (Å²) in [6, 6.07) is 12.8. The number of rotatable bonds is 8. The summed E-state index contributed by atoms with van der Waals surface area (Å²) in [5.41, 5.74) is 2.53. The minimum atomic E-state index is -1.05. The molecular weight excluding hydrogens is 496 g/mol. The van der Waals surface area contributed by atoms with Crippen molar-refractivity contribution in [3.05, 3.63) is 76.5 Å². The number of aromatic amines is 1. The van der Waals surface area contributed by atoms with Gasteiger partial charge >= 0.3 is 5.97 Å². The number of benzene rings is 1. The lowest BCUT2D eigenvalue weighted by molar-refractivity contribution is -0.136. The Morgan fingerprint density at radius 1 is 1.03 bits per heavy atom. The Morgan fingerprint density at radius 2 is 1.77 bits per heavy atom. The number of aliphatic carboxylic acids is 1. The third kappa shape index (κ3) is 5.52. The maximum absolute atomic E-state index is 13.7. The monoisotopic (exact) mass is 526 g/mol.